The third-order valence-electron chi connectivity index (χ3n) is 4.21. The summed E-state index contributed by atoms with van der Waals surface area (Å²) in [6.07, 6.45) is -2.76. The van der Waals surface area contributed by atoms with Crippen LogP contribution in [0.3, 0.4) is 0 Å². The Labute approximate surface area is 141 Å². The van der Waals surface area contributed by atoms with Crippen LogP contribution in [0.5, 0.6) is 0 Å². The summed E-state index contributed by atoms with van der Waals surface area (Å²) in [4.78, 5) is 17.5. The van der Waals surface area contributed by atoms with Gasteiger partial charge in [0.05, 0.1) is 18.0 Å². The average molecular weight is 354 g/mol. The summed E-state index contributed by atoms with van der Waals surface area (Å²) >= 11 is 0. The molecule has 9 heteroatoms. The normalized spacial score (nSPS) is 19.1. The van der Waals surface area contributed by atoms with E-state index in [4.69, 9.17) is 10.3 Å². The van der Waals surface area contributed by atoms with Gasteiger partial charge in [-0.15, -0.1) is 0 Å². The van der Waals surface area contributed by atoms with Crippen LogP contribution in [-0.2, 0) is 17.5 Å². The van der Waals surface area contributed by atoms with Crippen molar-refractivity contribution in [1.29, 1.82) is 0 Å². The first kappa shape index (κ1) is 17.4. The Morgan fingerprint density at radius 3 is 2.68 bits per heavy atom. The molecule has 0 unspecified atom stereocenters. The highest BCUT2D eigenvalue weighted by molar-refractivity contribution is 5.76. The number of benzene rings is 1. The summed E-state index contributed by atoms with van der Waals surface area (Å²) in [7, 11) is 0. The number of nitrogens with two attached hydrogens (primary N) is 1. The van der Waals surface area contributed by atoms with Crippen molar-refractivity contribution in [2.45, 2.75) is 25.6 Å². The predicted octanol–water partition coefficient (Wildman–Crippen LogP) is 2.45. The second-order valence-corrected chi connectivity index (χ2v) is 6.06. The summed E-state index contributed by atoms with van der Waals surface area (Å²) in [6, 6.07) is 4.57. The summed E-state index contributed by atoms with van der Waals surface area (Å²) in [5.41, 5.74) is 5.06. The van der Waals surface area contributed by atoms with Gasteiger partial charge in [0.1, 0.15) is 0 Å². The summed E-state index contributed by atoms with van der Waals surface area (Å²) in [5.74, 6) is 0.0685. The summed E-state index contributed by atoms with van der Waals surface area (Å²) in [5, 5.41) is 3.81. The maximum atomic E-state index is 12.6. The first-order valence-electron chi connectivity index (χ1n) is 7.85. The molecule has 1 saturated heterocycles. The number of primary amides is 1. The van der Waals surface area contributed by atoms with Crippen LogP contribution in [-0.4, -0.2) is 34.0 Å². The zero-order valence-corrected chi connectivity index (χ0v) is 13.3. The fraction of sp³-hybridized carbons (Fsp3) is 0.438. The van der Waals surface area contributed by atoms with Gasteiger partial charge in [0.25, 0.3) is 0 Å². The molecule has 1 atom stereocenters. The zero-order chi connectivity index (χ0) is 18.0. The molecule has 1 fully saturated rings. The van der Waals surface area contributed by atoms with Gasteiger partial charge in [-0.3, -0.25) is 9.69 Å². The molecule has 0 aliphatic carbocycles. The Morgan fingerprint density at radius 2 is 2.04 bits per heavy atom. The van der Waals surface area contributed by atoms with Crippen LogP contribution < -0.4 is 5.73 Å². The lowest BCUT2D eigenvalue weighted by molar-refractivity contribution is -0.137. The van der Waals surface area contributed by atoms with Crippen molar-refractivity contribution in [3.05, 3.63) is 35.7 Å². The zero-order valence-electron chi connectivity index (χ0n) is 13.3. The molecule has 1 aromatic carbocycles. The quantitative estimate of drug-likeness (QED) is 0.912. The van der Waals surface area contributed by atoms with Gasteiger partial charge >= 0.3 is 6.18 Å². The Bertz CT molecular complexity index is 743. The van der Waals surface area contributed by atoms with E-state index in [2.05, 4.69) is 10.1 Å². The minimum Gasteiger partial charge on any atom is -0.369 e. The largest absolute Gasteiger partial charge is 0.416 e. The third kappa shape index (κ3) is 4.16. The van der Waals surface area contributed by atoms with Gasteiger partial charge in [0.15, 0.2) is 0 Å². The molecule has 1 amide bonds. The van der Waals surface area contributed by atoms with E-state index in [1.807, 2.05) is 4.90 Å². The molecule has 3 rings (SSSR count). The van der Waals surface area contributed by atoms with Crippen LogP contribution in [0.15, 0.2) is 28.8 Å². The second-order valence-electron chi connectivity index (χ2n) is 6.06. The highest BCUT2D eigenvalue weighted by Gasteiger charge is 2.30. The lowest BCUT2D eigenvalue weighted by Gasteiger charge is -2.29. The van der Waals surface area contributed by atoms with E-state index in [0.717, 1.165) is 31.5 Å². The van der Waals surface area contributed by atoms with E-state index < -0.39 is 11.7 Å². The van der Waals surface area contributed by atoms with E-state index >= 15 is 0 Å². The number of alkyl halides is 3. The van der Waals surface area contributed by atoms with Crippen LogP contribution in [0.4, 0.5) is 13.2 Å². The molecular weight excluding hydrogens is 337 g/mol. The predicted molar refractivity (Wildman–Crippen MR) is 81.9 cm³/mol. The SMILES string of the molecule is NC(=O)[C@@H]1CCCN(Cc2nc(-c3ccc(C(F)(F)F)cc3)no2)C1. The first-order valence-corrected chi connectivity index (χ1v) is 7.85. The summed E-state index contributed by atoms with van der Waals surface area (Å²) < 4.78 is 42.9. The monoisotopic (exact) mass is 354 g/mol. The highest BCUT2D eigenvalue weighted by atomic mass is 19.4. The Morgan fingerprint density at radius 1 is 1.32 bits per heavy atom. The van der Waals surface area contributed by atoms with Crippen molar-refractivity contribution >= 4 is 5.91 Å². The van der Waals surface area contributed by atoms with Crippen molar-refractivity contribution in [3.8, 4) is 11.4 Å². The molecule has 0 bridgehead atoms. The van der Waals surface area contributed by atoms with Gasteiger partial charge in [0, 0.05) is 12.1 Å². The van der Waals surface area contributed by atoms with Gasteiger partial charge in [-0.2, -0.15) is 18.2 Å². The van der Waals surface area contributed by atoms with Gasteiger partial charge in [-0.05, 0) is 31.5 Å². The molecule has 0 radical (unpaired) electrons. The van der Waals surface area contributed by atoms with E-state index in [1.165, 1.54) is 12.1 Å². The number of carbonyl (C=O) groups is 1. The molecule has 134 valence electrons. The van der Waals surface area contributed by atoms with E-state index in [-0.39, 0.29) is 17.6 Å². The molecule has 0 spiro atoms. The van der Waals surface area contributed by atoms with Crippen LogP contribution in [0, 0.1) is 5.92 Å². The molecule has 6 nitrogen and oxygen atoms in total. The smallest absolute Gasteiger partial charge is 0.369 e. The molecule has 2 heterocycles. The number of rotatable bonds is 4. The molecule has 1 aromatic heterocycles. The maximum Gasteiger partial charge on any atom is 0.416 e. The van der Waals surface area contributed by atoms with Gasteiger partial charge in [-0.1, -0.05) is 17.3 Å². The minimum atomic E-state index is -4.38. The van der Waals surface area contributed by atoms with Crippen molar-refractivity contribution in [2.24, 2.45) is 11.7 Å². The highest BCUT2D eigenvalue weighted by Crippen LogP contribution is 2.30. The molecule has 1 aliphatic heterocycles. The molecular formula is C16H17F3N4O2. The van der Waals surface area contributed by atoms with Gasteiger partial charge in [0.2, 0.25) is 17.6 Å². The van der Waals surface area contributed by atoms with Crippen LogP contribution >= 0.6 is 0 Å². The van der Waals surface area contributed by atoms with Crippen LogP contribution in [0.1, 0.15) is 24.3 Å². The Hall–Kier alpha value is -2.42. The van der Waals surface area contributed by atoms with Crippen molar-refractivity contribution in [3.63, 3.8) is 0 Å². The lowest BCUT2D eigenvalue weighted by Crippen LogP contribution is -2.40. The van der Waals surface area contributed by atoms with E-state index in [1.54, 1.807) is 0 Å². The fourth-order valence-corrected chi connectivity index (χ4v) is 2.87. The molecule has 2 N–H and O–H groups in total. The third-order valence-corrected chi connectivity index (χ3v) is 4.21. The lowest BCUT2D eigenvalue weighted by atomic mass is 9.97. The topological polar surface area (TPSA) is 85.3 Å². The molecule has 0 saturated carbocycles. The van der Waals surface area contributed by atoms with E-state index in [0.29, 0.717) is 24.5 Å². The van der Waals surface area contributed by atoms with Crippen molar-refractivity contribution in [1.82, 2.24) is 15.0 Å². The number of aromatic nitrogens is 2. The number of amides is 1. The first-order chi connectivity index (χ1) is 11.8. The minimum absolute atomic E-state index is 0.189. The number of carbonyl (C=O) groups excluding carboxylic acids is 1. The number of nitrogens with zero attached hydrogens (tertiary/aromatic N) is 3. The van der Waals surface area contributed by atoms with Gasteiger partial charge < -0.3 is 10.3 Å². The number of hydrogen-bond donors (Lipinski definition) is 1. The van der Waals surface area contributed by atoms with Gasteiger partial charge in [-0.25, -0.2) is 0 Å². The fourth-order valence-electron chi connectivity index (χ4n) is 2.87. The number of halogens is 3. The molecule has 25 heavy (non-hydrogen) atoms. The Kier molecular flexibility index (Phi) is 4.76. The standard InChI is InChI=1S/C16H17F3N4O2/c17-16(18,19)12-5-3-10(4-6-12)15-21-13(25-22-15)9-23-7-1-2-11(8-23)14(20)24/h3-6,11H,1-2,7-9H2,(H2,20,24)/t11-/m1/s1. The number of likely N-dealkylation sites (tertiary alicyclic amines) is 1. The average Bonchev–Trinajstić information content (AvgIpc) is 3.03. The molecule has 2 aromatic rings. The molecule has 1 aliphatic rings. The second kappa shape index (κ2) is 6.83. The van der Waals surface area contributed by atoms with Crippen molar-refractivity contribution in [2.75, 3.05) is 13.1 Å². The number of piperidine rings is 1. The number of hydrogen-bond acceptors (Lipinski definition) is 5. The summed E-state index contributed by atoms with van der Waals surface area (Å²) in [6.45, 7) is 1.70. The maximum absolute atomic E-state index is 12.6. The van der Waals surface area contributed by atoms with E-state index in [9.17, 15) is 18.0 Å². The van der Waals surface area contributed by atoms with Crippen molar-refractivity contribution < 1.29 is 22.5 Å². The Balaban J connectivity index is 1.67. The van der Waals surface area contributed by atoms with Crippen LogP contribution in [0.25, 0.3) is 11.4 Å². The van der Waals surface area contributed by atoms with Crippen LogP contribution in [0.2, 0.25) is 0 Å².